The Morgan fingerprint density at radius 1 is 1.03 bits per heavy atom. The summed E-state index contributed by atoms with van der Waals surface area (Å²) in [4.78, 5) is 0.0804. The van der Waals surface area contributed by atoms with Crippen molar-refractivity contribution in [1.29, 1.82) is 0 Å². The molecular formula is C21H17FN4O2S. The molecule has 0 aliphatic rings. The highest BCUT2D eigenvalue weighted by Gasteiger charge is 2.26. The van der Waals surface area contributed by atoms with E-state index in [1.165, 1.54) is 51.6 Å². The zero-order valence-electron chi connectivity index (χ0n) is 15.3. The number of rotatable bonds is 6. The lowest BCUT2D eigenvalue weighted by molar-refractivity contribution is 0.589. The SMILES string of the molecule is C=Cc1ccc(CN(c2ccc(F)cc2)S(=O)(=O)c2ccc3nncn3c2)cc1. The van der Waals surface area contributed by atoms with Crippen LogP contribution in [0.15, 0.2) is 84.7 Å². The van der Waals surface area contributed by atoms with Crippen molar-refractivity contribution in [3.63, 3.8) is 0 Å². The highest BCUT2D eigenvalue weighted by Crippen LogP contribution is 2.26. The zero-order valence-corrected chi connectivity index (χ0v) is 16.1. The molecule has 4 aromatic rings. The van der Waals surface area contributed by atoms with Gasteiger partial charge in [-0.15, -0.1) is 10.2 Å². The summed E-state index contributed by atoms with van der Waals surface area (Å²) in [6.07, 6.45) is 4.61. The van der Waals surface area contributed by atoms with Crippen molar-refractivity contribution in [2.45, 2.75) is 11.4 Å². The average Bonchev–Trinajstić information content (AvgIpc) is 3.21. The van der Waals surface area contributed by atoms with Crippen LogP contribution in [0.25, 0.3) is 11.7 Å². The van der Waals surface area contributed by atoms with Crippen LogP contribution in [-0.4, -0.2) is 23.0 Å². The van der Waals surface area contributed by atoms with E-state index in [2.05, 4.69) is 16.8 Å². The molecule has 0 radical (unpaired) electrons. The Bertz CT molecular complexity index is 1270. The van der Waals surface area contributed by atoms with Crippen LogP contribution < -0.4 is 4.31 Å². The van der Waals surface area contributed by atoms with Crippen LogP contribution in [0, 0.1) is 5.82 Å². The van der Waals surface area contributed by atoms with Gasteiger partial charge in [-0.25, -0.2) is 12.8 Å². The number of anilines is 1. The molecule has 0 unspecified atom stereocenters. The maximum absolute atomic E-state index is 13.5. The minimum absolute atomic E-state index is 0.0804. The van der Waals surface area contributed by atoms with Crippen LogP contribution in [0.2, 0.25) is 0 Å². The van der Waals surface area contributed by atoms with E-state index in [0.29, 0.717) is 11.3 Å². The molecule has 0 amide bonds. The molecule has 0 aliphatic carbocycles. The number of aromatic nitrogens is 3. The number of pyridine rings is 1. The van der Waals surface area contributed by atoms with Gasteiger partial charge in [0.15, 0.2) is 5.65 Å². The Kier molecular flexibility index (Phi) is 4.85. The Morgan fingerprint density at radius 2 is 1.76 bits per heavy atom. The first-order chi connectivity index (χ1) is 14.0. The second-order valence-electron chi connectivity index (χ2n) is 6.40. The monoisotopic (exact) mass is 408 g/mol. The fraction of sp³-hybridized carbons (Fsp3) is 0.0476. The first kappa shape index (κ1) is 18.8. The van der Waals surface area contributed by atoms with Crippen molar-refractivity contribution < 1.29 is 12.8 Å². The number of benzene rings is 2. The van der Waals surface area contributed by atoms with Gasteiger partial charge < -0.3 is 0 Å². The number of sulfonamides is 1. The third kappa shape index (κ3) is 3.74. The van der Waals surface area contributed by atoms with Gasteiger partial charge in [0, 0.05) is 6.20 Å². The molecule has 0 aliphatic heterocycles. The summed E-state index contributed by atoms with van der Waals surface area (Å²) in [5.41, 5.74) is 2.62. The van der Waals surface area contributed by atoms with E-state index in [1.807, 2.05) is 24.3 Å². The molecule has 146 valence electrons. The summed E-state index contributed by atoms with van der Waals surface area (Å²) in [7, 11) is -3.94. The summed E-state index contributed by atoms with van der Waals surface area (Å²) in [6.45, 7) is 3.81. The Labute approximate surface area is 167 Å². The molecule has 0 fully saturated rings. The first-order valence-corrected chi connectivity index (χ1v) is 10.2. The predicted molar refractivity (Wildman–Crippen MR) is 109 cm³/mol. The standard InChI is InChI=1S/C21H17FN4O2S/c1-2-16-3-5-17(6-4-16)13-26(19-9-7-18(22)8-10-19)29(27,28)20-11-12-21-24-23-15-25(21)14-20/h2-12,14-15H,1,13H2. The zero-order chi connectivity index (χ0) is 20.4. The minimum atomic E-state index is -3.94. The van der Waals surface area contributed by atoms with Crippen molar-refractivity contribution in [1.82, 2.24) is 14.6 Å². The molecule has 0 bridgehead atoms. The maximum Gasteiger partial charge on any atom is 0.266 e. The normalized spacial score (nSPS) is 11.5. The lowest BCUT2D eigenvalue weighted by Crippen LogP contribution is -2.30. The summed E-state index contributed by atoms with van der Waals surface area (Å²) in [5, 5.41) is 7.67. The van der Waals surface area contributed by atoms with Crippen molar-refractivity contribution in [2.24, 2.45) is 0 Å². The topological polar surface area (TPSA) is 67.6 Å². The third-order valence-corrected chi connectivity index (χ3v) is 6.27. The minimum Gasteiger partial charge on any atom is -0.288 e. The first-order valence-electron chi connectivity index (χ1n) is 8.76. The Hall–Kier alpha value is -3.52. The maximum atomic E-state index is 13.5. The van der Waals surface area contributed by atoms with E-state index in [9.17, 15) is 12.8 Å². The molecule has 8 heteroatoms. The van der Waals surface area contributed by atoms with Gasteiger partial charge in [0.1, 0.15) is 17.0 Å². The molecule has 29 heavy (non-hydrogen) atoms. The van der Waals surface area contributed by atoms with E-state index in [0.717, 1.165) is 11.1 Å². The van der Waals surface area contributed by atoms with Gasteiger partial charge in [-0.3, -0.25) is 8.71 Å². The van der Waals surface area contributed by atoms with Gasteiger partial charge in [-0.05, 0) is 47.5 Å². The fourth-order valence-electron chi connectivity index (χ4n) is 2.93. The third-order valence-electron chi connectivity index (χ3n) is 4.51. The molecular weight excluding hydrogens is 391 g/mol. The molecule has 2 heterocycles. The van der Waals surface area contributed by atoms with Crippen LogP contribution in [0.3, 0.4) is 0 Å². The van der Waals surface area contributed by atoms with E-state index in [4.69, 9.17) is 0 Å². The Morgan fingerprint density at radius 3 is 2.45 bits per heavy atom. The summed E-state index contributed by atoms with van der Waals surface area (Å²) in [6, 6.07) is 15.8. The van der Waals surface area contributed by atoms with Gasteiger partial charge in [0.25, 0.3) is 10.0 Å². The molecule has 0 atom stereocenters. The van der Waals surface area contributed by atoms with Crippen molar-refractivity contribution in [2.75, 3.05) is 4.31 Å². The molecule has 0 N–H and O–H groups in total. The highest BCUT2D eigenvalue weighted by molar-refractivity contribution is 7.92. The molecule has 2 aromatic carbocycles. The molecule has 0 saturated carbocycles. The van der Waals surface area contributed by atoms with Crippen LogP contribution >= 0.6 is 0 Å². The summed E-state index contributed by atoms with van der Waals surface area (Å²) >= 11 is 0. The number of hydrogen-bond acceptors (Lipinski definition) is 4. The van der Waals surface area contributed by atoms with E-state index >= 15 is 0 Å². The summed E-state index contributed by atoms with van der Waals surface area (Å²) in [5.74, 6) is -0.438. The van der Waals surface area contributed by atoms with Crippen molar-refractivity contribution in [3.05, 3.63) is 96.7 Å². The number of hydrogen-bond donors (Lipinski definition) is 0. The quantitative estimate of drug-likeness (QED) is 0.485. The second-order valence-corrected chi connectivity index (χ2v) is 8.26. The molecule has 6 nitrogen and oxygen atoms in total. The number of halogens is 1. The predicted octanol–water partition coefficient (Wildman–Crippen LogP) is 3.91. The van der Waals surface area contributed by atoms with Gasteiger partial charge in [-0.2, -0.15) is 0 Å². The van der Waals surface area contributed by atoms with Crippen LogP contribution in [-0.2, 0) is 16.6 Å². The van der Waals surface area contributed by atoms with E-state index < -0.39 is 15.8 Å². The number of fused-ring (bicyclic) bond motifs is 1. The molecule has 4 rings (SSSR count). The van der Waals surface area contributed by atoms with Crippen molar-refractivity contribution >= 4 is 27.4 Å². The van der Waals surface area contributed by atoms with Gasteiger partial charge >= 0.3 is 0 Å². The van der Waals surface area contributed by atoms with Gasteiger partial charge in [0.2, 0.25) is 0 Å². The fourth-order valence-corrected chi connectivity index (χ4v) is 4.39. The van der Waals surface area contributed by atoms with Crippen LogP contribution in [0.1, 0.15) is 11.1 Å². The average molecular weight is 408 g/mol. The van der Waals surface area contributed by atoms with Gasteiger partial charge in [-0.1, -0.05) is 36.9 Å². The van der Waals surface area contributed by atoms with E-state index in [-0.39, 0.29) is 11.4 Å². The molecule has 0 spiro atoms. The Balaban J connectivity index is 1.78. The van der Waals surface area contributed by atoms with Gasteiger partial charge in [0.05, 0.1) is 12.2 Å². The number of nitrogens with zero attached hydrogens (tertiary/aromatic N) is 4. The highest BCUT2D eigenvalue weighted by atomic mass is 32.2. The van der Waals surface area contributed by atoms with Crippen LogP contribution in [0.5, 0.6) is 0 Å². The van der Waals surface area contributed by atoms with Crippen molar-refractivity contribution in [3.8, 4) is 0 Å². The largest absolute Gasteiger partial charge is 0.288 e. The second kappa shape index (κ2) is 7.48. The summed E-state index contributed by atoms with van der Waals surface area (Å²) < 4.78 is 43.2. The lowest BCUT2D eigenvalue weighted by Gasteiger charge is -2.25. The lowest BCUT2D eigenvalue weighted by atomic mass is 10.1. The molecule has 2 aromatic heterocycles. The van der Waals surface area contributed by atoms with E-state index in [1.54, 1.807) is 12.1 Å². The molecule has 0 saturated heterocycles. The van der Waals surface area contributed by atoms with Crippen LogP contribution in [0.4, 0.5) is 10.1 Å². The smallest absolute Gasteiger partial charge is 0.266 e.